The van der Waals surface area contributed by atoms with Crippen molar-refractivity contribution >= 4 is 23.9 Å². The van der Waals surface area contributed by atoms with E-state index in [0.717, 1.165) is 0 Å². The molecule has 0 fully saturated rings. The molecule has 0 amide bonds. The van der Waals surface area contributed by atoms with Crippen molar-refractivity contribution in [1.29, 1.82) is 0 Å². The molecule has 1 aromatic rings. The van der Waals surface area contributed by atoms with E-state index in [4.69, 9.17) is 10.2 Å². The molecule has 0 bridgehead atoms. The number of aliphatic carboxylic acids is 2. The Bertz CT molecular complexity index is 454. The molecule has 0 aliphatic rings. The maximum absolute atomic E-state index is 10.9. The van der Waals surface area contributed by atoms with Crippen LogP contribution < -0.4 is 4.90 Å². The molecule has 0 unspecified atom stereocenters. The molecule has 19 heavy (non-hydrogen) atoms. The molecule has 0 radical (unpaired) electrons. The van der Waals surface area contributed by atoms with Crippen LogP contribution >= 0.6 is 0 Å². The van der Waals surface area contributed by atoms with Gasteiger partial charge in [0.05, 0.1) is 12.8 Å². The predicted octanol–water partition coefficient (Wildman–Crippen LogP) is 1.25. The second-order valence-electron chi connectivity index (χ2n) is 3.95. The van der Waals surface area contributed by atoms with Gasteiger partial charge in [-0.1, -0.05) is 12.1 Å². The molecule has 0 saturated heterocycles. The van der Waals surface area contributed by atoms with Gasteiger partial charge >= 0.3 is 11.9 Å². The maximum atomic E-state index is 10.9. The Balaban J connectivity index is 2.89. The number of carboxylic acids is 2. The van der Waals surface area contributed by atoms with Crippen LogP contribution in [0.25, 0.3) is 0 Å². The van der Waals surface area contributed by atoms with E-state index in [1.54, 1.807) is 29.2 Å². The molecule has 0 aromatic heterocycles. The highest BCUT2D eigenvalue weighted by atomic mass is 16.4. The quantitative estimate of drug-likeness (QED) is 0.687. The summed E-state index contributed by atoms with van der Waals surface area (Å²) < 4.78 is 0. The van der Waals surface area contributed by atoms with Crippen LogP contribution in [-0.4, -0.2) is 41.5 Å². The van der Waals surface area contributed by atoms with E-state index in [1.165, 1.54) is 0 Å². The van der Waals surface area contributed by atoms with Gasteiger partial charge < -0.3 is 15.1 Å². The molecule has 6 heteroatoms. The summed E-state index contributed by atoms with van der Waals surface area (Å²) >= 11 is 0. The average molecular weight is 265 g/mol. The molecule has 0 saturated carbocycles. The van der Waals surface area contributed by atoms with Crippen LogP contribution in [0.2, 0.25) is 0 Å². The lowest BCUT2D eigenvalue weighted by atomic mass is 10.1. The van der Waals surface area contributed by atoms with Crippen LogP contribution in [0.5, 0.6) is 0 Å². The lowest BCUT2D eigenvalue weighted by Crippen LogP contribution is -2.29. The van der Waals surface area contributed by atoms with E-state index in [-0.39, 0.29) is 25.9 Å². The van der Waals surface area contributed by atoms with Gasteiger partial charge in [-0.25, -0.2) is 0 Å². The van der Waals surface area contributed by atoms with E-state index in [0.29, 0.717) is 17.5 Å². The summed E-state index contributed by atoms with van der Waals surface area (Å²) in [5.74, 6) is -1.94. The smallest absolute Gasteiger partial charge is 0.305 e. The minimum atomic E-state index is -0.969. The Morgan fingerprint density at radius 1 is 1.05 bits per heavy atom. The first kappa shape index (κ1) is 14.7. The third-order valence-corrected chi connectivity index (χ3v) is 2.60. The van der Waals surface area contributed by atoms with Crippen LogP contribution in [0.4, 0.5) is 5.69 Å². The fraction of sp³-hybridized carbons (Fsp3) is 0.308. The highest BCUT2D eigenvalue weighted by Crippen LogP contribution is 2.19. The Morgan fingerprint density at radius 3 is 2.05 bits per heavy atom. The zero-order chi connectivity index (χ0) is 14.3. The van der Waals surface area contributed by atoms with Gasteiger partial charge in [0.2, 0.25) is 0 Å². The third kappa shape index (κ3) is 4.79. The summed E-state index contributed by atoms with van der Waals surface area (Å²) in [6.07, 6.45) is 0.434. The van der Waals surface area contributed by atoms with Crippen molar-refractivity contribution in [3.8, 4) is 0 Å². The predicted molar refractivity (Wildman–Crippen MR) is 68.5 cm³/mol. The van der Waals surface area contributed by atoms with Gasteiger partial charge in [-0.3, -0.25) is 14.4 Å². The van der Waals surface area contributed by atoms with Gasteiger partial charge in [0.15, 0.2) is 6.29 Å². The summed E-state index contributed by atoms with van der Waals surface area (Å²) in [6, 6.07) is 6.70. The first-order valence-corrected chi connectivity index (χ1v) is 5.77. The van der Waals surface area contributed by atoms with Crippen molar-refractivity contribution in [3.63, 3.8) is 0 Å². The third-order valence-electron chi connectivity index (χ3n) is 2.60. The number of anilines is 1. The Kier molecular flexibility index (Phi) is 5.53. The van der Waals surface area contributed by atoms with Crippen molar-refractivity contribution in [2.24, 2.45) is 0 Å². The number of hydrogen-bond donors (Lipinski definition) is 2. The second kappa shape index (κ2) is 7.15. The first-order chi connectivity index (χ1) is 9.04. The summed E-state index contributed by atoms with van der Waals surface area (Å²) in [4.78, 5) is 33.8. The standard InChI is InChI=1S/C13H15NO5/c15-9-10-3-1-2-4-11(10)14(7-5-12(16)17)8-6-13(18)19/h1-4,9H,5-8H2,(H,16,17)(H,18,19). The van der Waals surface area contributed by atoms with Gasteiger partial charge in [-0.05, 0) is 12.1 Å². The van der Waals surface area contributed by atoms with Crippen molar-refractivity contribution in [2.45, 2.75) is 12.8 Å². The van der Waals surface area contributed by atoms with Crippen molar-refractivity contribution < 1.29 is 24.6 Å². The van der Waals surface area contributed by atoms with E-state index >= 15 is 0 Å². The van der Waals surface area contributed by atoms with Crippen LogP contribution in [0.15, 0.2) is 24.3 Å². The SMILES string of the molecule is O=Cc1ccccc1N(CCC(=O)O)CCC(=O)O. The van der Waals surface area contributed by atoms with Crippen molar-refractivity contribution in [1.82, 2.24) is 0 Å². The number of carboxylic acid groups (broad SMARTS) is 2. The number of benzene rings is 1. The van der Waals surface area contributed by atoms with Gasteiger partial charge in [0.25, 0.3) is 0 Å². The molecule has 0 aliphatic carbocycles. The molecule has 6 nitrogen and oxygen atoms in total. The Morgan fingerprint density at radius 2 is 1.58 bits per heavy atom. The average Bonchev–Trinajstić information content (AvgIpc) is 2.38. The maximum Gasteiger partial charge on any atom is 0.305 e. The molecular formula is C13H15NO5. The zero-order valence-electron chi connectivity index (χ0n) is 10.3. The van der Waals surface area contributed by atoms with Gasteiger partial charge in [0.1, 0.15) is 0 Å². The normalized spacial score (nSPS) is 9.89. The largest absolute Gasteiger partial charge is 0.481 e. The number of nitrogens with zero attached hydrogens (tertiary/aromatic N) is 1. The minimum absolute atomic E-state index is 0.118. The fourth-order valence-corrected chi connectivity index (χ4v) is 1.69. The van der Waals surface area contributed by atoms with E-state index in [9.17, 15) is 14.4 Å². The highest BCUT2D eigenvalue weighted by Gasteiger charge is 2.13. The topological polar surface area (TPSA) is 94.9 Å². The van der Waals surface area contributed by atoms with Gasteiger partial charge in [0, 0.05) is 24.3 Å². The van der Waals surface area contributed by atoms with Crippen molar-refractivity contribution in [3.05, 3.63) is 29.8 Å². The lowest BCUT2D eigenvalue weighted by Gasteiger charge is -2.24. The van der Waals surface area contributed by atoms with Gasteiger partial charge in [-0.15, -0.1) is 0 Å². The number of aldehydes is 1. The summed E-state index contributed by atoms with van der Waals surface area (Å²) in [5, 5.41) is 17.4. The van der Waals surface area contributed by atoms with E-state index < -0.39 is 11.9 Å². The number of para-hydroxylation sites is 1. The highest BCUT2D eigenvalue weighted by molar-refractivity contribution is 5.85. The van der Waals surface area contributed by atoms with Crippen LogP contribution in [0.1, 0.15) is 23.2 Å². The molecule has 1 rings (SSSR count). The van der Waals surface area contributed by atoms with Crippen LogP contribution in [0, 0.1) is 0 Å². The summed E-state index contributed by atoms with van der Waals surface area (Å²) in [5.41, 5.74) is 0.971. The number of rotatable bonds is 8. The monoisotopic (exact) mass is 265 g/mol. The molecule has 0 spiro atoms. The van der Waals surface area contributed by atoms with E-state index in [2.05, 4.69) is 0 Å². The Labute approximate surface area is 110 Å². The molecule has 2 N–H and O–H groups in total. The zero-order valence-corrected chi connectivity index (χ0v) is 10.3. The summed E-state index contributed by atoms with van der Waals surface area (Å²) in [7, 11) is 0. The molecular weight excluding hydrogens is 250 g/mol. The van der Waals surface area contributed by atoms with Crippen LogP contribution in [-0.2, 0) is 9.59 Å². The second-order valence-corrected chi connectivity index (χ2v) is 3.95. The molecule has 0 atom stereocenters. The molecule has 102 valence electrons. The lowest BCUT2D eigenvalue weighted by molar-refractivity contribution is -0.137. The fourth-order valence-electron chi connectivity index (χ4n) is 1.69. The number of carbonyl (C=O) groups is 3. The first-order valence-electron chi connectivity index (χ1n) is 5.77. The molecule has 1 aromatic carbocycles. The van der Waals surface area contributed by atoms with Crippen LogP contribution in [0.3, 0.4) is 0 Å². The number of carbonyl (C=O) groups excluding carboxylic acids is 1. The number of hydrogen-bond acceptors (Lipinski definition) is 4. The summed E-state index contributed by atoms with van der Waals surface area (Å²) in [6.45, 7) is 0.320. The van der Waals surface area contributed by atoms with E-state index in [1.807, 2.05) is 0 Å². The van der Waals surface area contributed by atoms with Gasteiger partial charge in [-0.2, -0.15) is 0 Å². The Hall–Kier alpha value is -2.37. The minimum Gasteiger partial charge on any atom is -0.481 e. The van der Waals surface area contributed by atoms with Crippen molar-refractivity contribution in [2.75, 3.05) is 18.0 Å². The molecule has 0 heterocycles. The molecule has 0 aliphatic heterocycles.